The van der Waals surface area contributed by atoms with Gasteiger partial charge in [-0.15, -0.1) is 0 Å². The fourth-order valence-electron chi connectivity index (χ4n) is 4.52. The second-order valence-electron chi connectivity index (χ2n) is 11.2. The lowest BCUT2D eigenvalue weighted by Crippen LogP contribution is -2.70. The van der Waals surface area contributed by atoms with Gasteiger partial charge in [0, 0.05) is 17.2 Å². The van der Waals surface area contributed by atoms with Gasteiger partial charge in [0.1, 0.15) is 0 Å². The summed E-state index contributed by atoms with van der Waals surface area (Å²) in [5.74, 6) is -0.454. The molecule has 35 heavy (non-hydrogen) atoms. The van der Waals surface area contributed by atoms with Crippen LogP contribution in [0.5, 0.6) is 0 Å². The Bertz CT molecular complexity index is 611. The minimum Gasteiger partial charge on any atom is -0.491 e. The Labute approximate surface area is 222 Å². The van der Waals surface area contributed by atoms with E-state index in [0.29, 0.717) is 0 Å². The van der Waals surface area contributed by atoms with E-state index < -0.39 is 48.5 Å². The highest BCUT2D eigenvalue weighted by molar-refractivity contribution is 6.92. The standard InChI is InChI=1S/C24H56O6Si5/c1-15-24(25)26-34(22(8)9,23(10)11)30-35(27-31(12,13)14,28-32(16-2,17-3)18-4)29-33(19-5,20-6)21-7/h15,22-23H,1,16-21H2,2-14H3. The first kappa shape index (κ1) is 35.1. The number of hydrogen-bond donors (Lipinski definition) is 0. The molecule has 0 bridgehead atoms. The average molecular weight is 581 g/mol. The molecule has 6 nitrogen and oxygen atoms in total. The van der Waals surface area contributed by atoms with Crippen molar-refractivity contribution >= 4 is 48.5 Å². The molecular weight excluding hydrogens is 525 g/mol. The molecule has 0 unspecified atom stereocenters. The predicted octanol–water partition coefficient (Wildman–Crippen LogP) is 8.33. The summed E-state index contributed by atoms with van der Waals surface area (Å²) in [5, 5.41) is 0. The van der Waals surface area contributed by atoms with E-state index in [0.717, 1.165) is 36.3 Å². The topological polar surface area (TPSA) is 63.2 Å². The lowest BCUT2D eigenvalue weighted by Gasteiger charge is -2.49. The Balaban J connectivity index is 7.33. The van der Waals surface area contributed by atoms with E-state index in [-0.39, 0.29) is 11.1 Å². The van der Waals surface area contributed by atoms with Gasteiger partial charge in [-0.2, -0.15) is 0 Å². The highest BCUT2D eigenvalue weighted by atomic mass is 28.5. The molecule has 0 aromatic heterocycles. The Morgan fingerprint density at radius 3 is 1.26 bits per heavy atom. The van der Waals surface area contributed by atoms with Gasteiger partial charge < -0.3 is 20.9 Å². The molecule has 0 spiro atoms. The molecule has 0 atom stereocenters. The second kappa shape index (κ2) is 14.3. The van der Waals surface area contributed by atoms with Crippen LogP contribution < -0.4 is 0 Å². The van der Waals surface area contributed by atoms with Crippen molar-refractivity contribution in [2.75, 3.05) is 0 Å². The molecule has 0 aromatic carbocycles. The predicted molar refractivity (Wildman–Crippen MR) is 160 cm³/mol. The first-order chi connectivity index (χ1) is 16.0. The summed E-state index contributed by atoms with van der Waals surface area (Å²) in [6, 6.07) is 5.75. The average Bonchev–Trinajstić information content (AvgIpc) is 2.79. The van der Waals surface area contributed by atoms with E-state index in [1.165, 1.54) is 6.08 Å². The molecule has 0 aliphatic carbocycles. The van der Waals surface area contributed by atoms with E-state index in [1.807, 2.05) is 0 Å². The van der Waals surface area contributed by atoms with Gasteiger partial charge in [0.2, 0.25) is 0 Å². The van der Waals surface area contributed by atoms with Gasteiger partial charge in [0.15, 0.2) is 25.0 Å². The second-order valence-corrected chi connectivity index (χ2v) is 32.6. The highest BCUT2D eigenvalue weighted by Gasteiger charge is 2.64. The third kappa shape index (κ3) is 9.43. The smallest absolute Gasteiger partial charge is 0.491 e. The van der Waals surface area contributed by atoms with Gasteiger partial charge >= 0.3 is 23.6 Å². The van der Waals surface area contributed by atoms with E-state index in [2.05, 4.69) is 95.5 Å². The molecule has 0 saturated carbocycles. The van der Waals surface area contributed by atoms with Crippen LogP contribution in [0.1, 0.15) is 69.2 Å². The van der Waals surface area contributed by atoms with Gasteiger partial charge in [-0.05, 0) is 55.9 Å². The summed E-state index contributed by atoms with van der Waals surface area (Å²) >= 11 is 0. The summed E-state index contributed by atoms with van der Waals surface area (Å²) < 4.78 is 35.0. The van der Waals surface area contributed by atoms with Gasteiger partial charge in [-0.1, -0.05) is 75.8 Å². The van der Waals surface area contributed by atoms with Crippen molar-refractivity contribution in [2.45, 2.75) is 136 Å². The maximum absolute atomic E-state index is 12.6. The molecule has 0 fully saturated rings. The zero-order valence-electron chi connectivity index (χ0n) is 25.1. The van der Waals surface area contributed by atoms with Crippen LogP contribution in [-0.2, 0) is 25.7 Å². The molecule has 208 valence electrons. The van der Waals surface area contributed by atoms with E-state index in [9.17, 15) is 4.79 Å². The SMILES string of the molecule is C=CC(=O)O[Si](O[Si](O[Si](C)(C)C)(O[Si](CC)(CC)CC)O[Si](CC)(CC)CC)(C(C)C)C(C)C. The van der Waals surface area contributed by atoms with E-state index in [4.69, 9.17) is 20.9 Å². The summed E-state index contributed by atoms with van der Waals surface area (Å²) in [6.07, 6.45) is 1.23. The number of rotatable bonds is 18. The molecule has 0 amide bonds. The van der Waals surface area contributed by atoms with Crippen molar-refractivity contribution in [1.82, 2.24) is 0 Å². The first-order valence-corrected chi connectivity index (χ1v) is 25.8. The minimum absolute atomic E-state index is 0.0161. The normalized spacial score (nSPS) is 14.0. The molecule has 11 heteroatoms. The Kier molecular flexibility index (Phi) is 14.4. The lowest BCUT2D eigenvalue weighted by atomic mass is 10.5. The zero-order chi connectivity index (χ0) is 27.7. The molecule has 0 aliphatic rings. The van der Waals surface area contributed by atoms with Crippen LogP contribution >= 0.6 is 0 Å². The molecule has 0 rings (SSSR count). The van der Waals surface area contributed by atoms with E-state index >= 15 is 0 Å². The molecule has 0 radical (unpaired) electrons. The van der Waals surface area contributed by atoms with Gasteiger partial charge in [-0.25, -0.2) is 4.79 Å². The lowest BCUT2D eigenvalue weighted by molar-refractivity contribution is -0.131. The van der Waals surface area contributed by atoms with Gasteiger partial charge in [-0.3, -0.25) is 0 Å². The number of carbonyl (C=O) groups excluding carboxylic acids is 1. The quantitative estimate of drug-likeness (QED) is 0.120. The summed E-state index contributed by atoms with van der Waals surface area (Å²) in [4.78, 5) is 12.6. The minimum atomic E-state index is -3.73. The Hall–Kier alpha value is 0.134. The van der Waals surface area contributed by atoms with E-state index in [1.54, 1.807) is 0 Å². The third-order valence-corrected chi connectivity index (χ3v) is 30.0. The maximum atomic E-state index is 12.6. The van der Waals surface area contributed by atoms with Crippen molar-refractivity contribution in [3.05, 3.63) is 12.7 Å². The van der Waals surface area contributed by atoms with Crippen LogP contribution in [0, 0.1) is 0 Å². The van der Waals surface area contributed by atoms with Crippen LogP contribution in [-0.4, -0.2) is 48.5 Å². The summed E-state index contributed by atoms with van der Waals surface area (Å²) in [5.41, 5.74) is -0.0322. The van der Waals surface area contributed by atoms with Crippen molar-refractivity contribution < 1.29 is 25.7 Å². The molecule has 0 N–H and O–H groups in total. The summed E-state index contributed by atoms with van der Waals surface area (Å²) in [7, 11) is -13.6. The molecule has 0 saturated heterocycles. The largest absolute Gasteiger partial charge is 0.639 e. The molecule has 0 aromatic rings. The number of hydrogen-bond acceptors (Lipinski definition) is 6. The molecule has 0 heterocycles. The summed E-state index contributed by atoms with van der Waals surface area (Å²) in [6.45, 7) is 31.7. The van der Waals surface area contributed by atoms with Gasteiger partial charge in [0.05, 0.1) is 0 Å². The number of carbonyl (C=O) groups is 1. The molecule has 0 aliphatic heterocycles. The first-order valence-electron chi connectivity index (χ1n) is 13.7. The van der Waals surface area contributed by atoms with Crippen LogP contribution in [0.3, 0.4) is 0 Å². The Morgan fingerprint density at radius 1 is 0.686 bits per heavy atom. The third-order valence-electron chi connectivity index (χ3n) is 7.30. The monoisotopic (exact) mass is 580 g/mol. The van der Waals surface area contributed by atoms with Crippen LogP contribution in [0.4, 0.5) is 0 Å². The van der Waals surface area contributed by atoms with Gasteiger partial charge in [0.25, 0.3) is 0 Å². The maximum Gasteiger partial charge on any atom is 0.639 e. The highest BCUT2D eigenvalue weighted by Crippen LogP contribution is 2.42. The Morgan fingerprint density at radius 2 is 1.03 bits per heavy atom. The van der Waals surface area contributed by atoms with Crippen molar-refractivity contribution in [3.63, 3.8) is 0 Å². The fraction of sp³-hybridized carbons (Fsp3) is 0.875. The van der Waals surface area contributed by atoms with Crippen LogP contribution in [0.2, 0.25) is 67.0 Å². The van der Waals surface area contributed by atoms with Crippen LogP contribution in [0.15, 0.2) is 12.7 Å². The fourth-order valence-corrected chi connectivity index (χ4v) is 27.3. The van der Waals surface area contributed by atoms with Crippen molar-refractivity contribution in [1.29, 1.82) is 0 Å². The zero-order valence-corrected chi connectivity index (χ0v) is 30.1. The van der Waals surface area contributed by atoms with Crippen molar-refractivity contribution in [3.8, 4) is 0 Å². The van der Waals surface area contributed by atoms with Crippen molar-refractivity contribution in [2.24, 2.45) is 0 Å². The van der Waals surface area contributed by atoms with Crippen LogP contribution in [0.25, 0.3) is 0 Å². The molecular formula is C24H56O6Si5.